The van der Waals surface area contributed by atoms with Gasteiger partial charge >= 0.3 is 0 Å². The zero-order valence-electron chi connectivity index (χ0n) is 14.5. The number of nitrogens with zero attached hydrogens (tertiary/aromatic N) is 1. The van der Waals surface area contributed by atoms with Crippen molar-refractivity contribution in [3.63, 3.8) is 0 Å². The molecule has 7 heteroatoms. The highest BCUT2D eigenvalue weighted by Crippen LogP contribution is 2.20. The molecule has 0 saturated carbocycles. The number of benzene rings is 2. The summed E-state index contributed by atoms with van der Waals surface area (Å²) < 4.78 is 43.0. The van der Waals surface area contributed by atoms with E-state index in [0.29, 0.717) is 45.3 Å². The normalized spacial score (nSPS) is 15.5. The highest BCUT2D eigenvalue weighted by atomic mass is 32.2. The van der Waals surface area contributed by atoms with Crippen LogP contribution in [0.1, 0.15) is 6.42 Å². The van der Waals surface area contributed by atoms with Gasteiger partial charge in [0.2, 0.25) is 10.0 Å². The number of hydrogen-bond acceptors (Lipinski definition) is 5. The lowest BCUT2D eigenvalue weighted by Gasteiger charge is -2.26. The van der Waals surface area contributed by atoms with Gasteiger partial charge in [0.25, 0.3) is 0 Å². The van der Waals surface area contributed by atoms with Gasteiger partial charge in [-0.2, -0.15) is 4.31 Å². The first-order valence-electron chi connectivity index (χ1n) is 8.65. The van der Waals surface area contributed by atoms with E-state index in [4.69, 9.17) is 14.2 Å². The molecule has 3 rings (SSSR count). The van der Waals surface area contributed by atoms with E-state index >= 15 is 0 Å². The Morgan fingerprint density at radius 2 is 1.42 bits per heavy atom. The Balaban J connectivity index is 1.45. The number of rotatable bonds is 8. The summed E-state index contributed by atoms with van der Waals surface area (Å²) in [5, 5.41) is 0. The van der Waals surface area contributed by atoms with Crippen LogP contribution >= 0.6 is 0 Å². The fourth-order valence-electron chi connectivity index (χ4n) is 2.60. The first-order chi connectivity index (χ1) is 12.7. The van der Waals surface area contributed by atoms with E-state index in [1.807, 2.05) is 30.3 Å². The van der Waals surface area contributed by atoms with Crippen LogP contribution in [0.15, 0.2) is 59.5 Å². The van der Waals surface area contributed by atoms with E-state index in [9.17, 15) is 8.42 Å². The van der Waals surface area contributed by atoms with Crippen LogP contribution in [0, 0.1) is 0 Å². The molecule has 1 aliphatic heterocycles. The highest BCUT2D eigenvalue weighted by Gasteiger charge is 2.26. The minimum atomic E-state index is -3.46. The van der Waals surface area contributed by atoms with Gasteiger partial charge in [0, 0.05) is 19.5 Å². The van der Waals surface area contributed by atoms with Crippen molar-refractivity contribution in [1.82, 2.24) is 4.31 Å². The molecule has 0 atom stereocenters. The van der Waals surface area contributed by atoms with Gasteiger partial charge in [-0.25, -0.2) is 8.42 Å². The van der Waals surface area contributed by atoms with Gasteiger partial charge in [0.05, 0.1) is 31.3 Å². The lowest BCUT2D eigenvalue weighted by molar-refractivity contribution is 0.0730. The number of para-hydroxylation sites is 1. The monoisotopic (exact) mass is 377 g/mol. The quantitative estimate of drug-likeness (QED) is 0.662. The molecule has 0 aromatic heterocycles. The largest absolute Gasteiger partial charge is 0.493 e. The van der Waals surface area contributed by atoms with Crippen LogP contribution in [0.5, 0.6) is 11.5 Å². The Hall–Kier alpha value is -2.09. The standard InChI is InChI=1S/C19H23NO5S/c21-26(22,20-11-15-23-16-12-20)19-9-7-18(8-10-19)25-14-4-13-24-17-5-2-1-3-6-17/h1-3,5-10H,4,11-16H2. The molecule has 140 valence electrons. The molecule has 0 spiro atoms. The minimum Gasteiger partial charge on any atom is -0.493 e. The zero-order valence-corrected chi connectivity index (χ0v) is 15.4. The fourth-order valence-corrected chi connectivity index (χ4v) is 4.01. The lowest BCUT2D eigenvalue weighted by atomic mass is 10.3. The summed E-state index contributed by atoms with van der Waals surface area (Å²) in [6.07, 6.45) is 0.739. The van der Waals surface area contributed by atoms with Gasteiger partial charge in [-0.05, 0) is 36.4 Å². The molecule has 1 saturated heterocycles. The second kappa shape index (κ2) is 9.02. The first-order valence-corrected chi connectivity index (χ1v) is 10.1. The van der Waals surface area contributed by atoms with Crippen molar-refractivity contribution in [2.75, 3.05) is 39.5 Å². The van der Waals surface area contributed by atoms with Crippen molar-refractivity contribution in [3.05, 3.63) is 54.6 Å². The van der Waals surface area contributed by atoms with Crippen LogP contribution in [-0.2, 0) is 14.8 Å². The van der Waals surface area contributed by atoms with Crippen molar-refractivity contribution in [2.24, 2.45) is 0 Å². The number of ether oxygens (including phenoxy) is 3. The first kappa shape index (κ1) is 18.7. The molecule has 26 heavy (non-hydrogen) atoms. The molecule has 0 unspecified atom stereocenters. The third-order valence-corrected chi connectivity index (χ3v) is 5.91. The van der Waals surface area contributed by atoms with Crippen molar-refractivity contribution in [3.8, 4) is 11.5 Å². The van der Waals surface area contributed by atoms with Crippen molar-refractivity contribution in [1.29, 1.82) is 0 Å². The molecule has 0 N–H and O–H groups in total. The molecular formula is C19H23NO5S. The number of sulfonamides is 1. The summed E-state index contributed by atoms with van der Waals surface area (Å²) in [5.74, 6) is 1.48. The lowest BCUT2D eigenvalue weighted by Crippen LogP contribution is -2.40. The van der Waals surface area contributed by atoms with E-state index in [1.54, 1.807) is 24.3 Å². The Morgan fingerprint density at radius 1 is 0.846 bits per heavy atom. The van der Waals surface area contributed by atoms with Crippen LogP contribution in [-0.4, -0.2) is 52.2 Å². The average Bonchev–Trinajstić information content (AvgIpc) is 2.69. The zero-order chi connectivity index (χ0) is 18.2. The van der Waals surface area contributed by atoms with E-state index in [1.165, 1.54) is 4.31 Å². The summed E-state index contributed by atoms with van der Waals surface area (Å²) in [6, 6.07) is 16.2. The molecule has 6 nitrogen and oxygen atoms in total. The number of morpholine rings is 1. The molecule has 0 bridgehead atoms. The Labute approximate surface area is 154 Å². The molecule has 2 aromatic carbocycles. The van der Waals surface area contributed by atoms with Crippen LogP contribution in [0.3, 0.4) is 0 Å². The Kier molecular flexibility index (Phi) is 6.49. The maximum absolute atomic E-state index is 12.5. The van der Waals surface area contributed by atoms with Gasteiger partial charge in [-0.15, -0.1) is 0 Å². The van der Waals surface area contributed by atoms with E-state index in [0.717, 1.165) is 12.2 Å². The summed E-state index contributed by atoms with van der Waals surface area (Å²) in [7, 11) is -3.46. The molecule has 2 aromatic rings. The van der Waals surface area contributed by atoms with Gasteiger partial charge < -0.3 is 14.2 Å². The van der Waals surface area contributed by atoms with Crippen LogP contribution < -0.4 is 9.47 Å². The maximum Gasteiger partial charge on any atom is 0.243 e. The molecule has 1 fully saturated rings. The minimum absolute atomic E-state index is 0.277. The van der Waals surface area contributed by atoms with E-state index in [-0.39, 0.29) is 4.90 Å². The van der Waals surface area contributed by atoms with Gasteiger partial charge in [-0.3, -0.25) is 0 Å². The smallest absolute Gasteiger partial charge is 0.243 e. The van der Waals surface area contributed by atoms with E-state index in [2.05, 4.69) is 0 Å². The van der Waals surface area contributed by atoms with E-state index < -0.39 is 10.0 Å². The van der Waals surface area contributed by atoms with Gasteiger partial charge in [0.15, 0.2) is 0 Å². The maximum atomic E-state index is 12.5. The predicted molar refractivity (Wildman–Crippen MR) is 98.1 cm³/mol. The number of hydrogen-bond donors (Lipinski definition) is 0. The summed E-state index contributed by atoms with van der Waals surface area (Å²) in [5.41, 5.74) is 0. The van der Waals surface area contributed by atoms with Crippen molar-refractivity contribution in [2.45, 2.75) is 11.3 Å². The fraction of sp³-hybridized carbons (Fsp3) is 0.368. The van der Waals surface area contributed by atoms with Crippen LogP contribution in [0.4, 0.5) is 0 Å². The van der Waals surface area contributed by atoms with Crippen molar-refractivity contribution >= 4 is 10.0 Å². The Bertz CT molecular complexity index is 771. The van der Waals surface area contributed by atoms with Crippen molar-refractivity contribution < 1.29 is 22.6 Å². The van der Waals surface area contributed by atoms with Crippen LogP contribution in [0.25, 0.3) is 0 Å². The molecule has 1 aliphatic rings. The summed E-state index contributed by atoms with van der Waals surface area (Å²) in [4.78, 5) is 0.277. The van der Waals surface area contributed by atoms with Crippen LogP contribution in [0.2, 0.25) is 0 Å². The topological polar surface area (TPSA) is 65.1 Å². The summed E-state index contributed by atoms with van der Waals surface area (Å²) >= 11 is 0. The molecule has 1 heterocycles. The second-order valence-electron chi connectivity index (χ2n) is 5.85. The molecule has 0 radical (unpaired) electrons. The van der Waals surface area contributed by atoms with Gasteiger partial charge in [-0.1, -0.05) is 18.2 Å². The average molecular weight is 377 g/mol. The Morgan fingerprint density at radius 3 is 2.04 bits per heavy atom. The molecule has 0 amide bonds. The third kappa shape index (κ3) is 4.97. The third-order valence-electron chi connectivity index (χ3n) is 4.00. The second-order valence-corrected chi connectivity index (χ2v) is 7.79. The molecular weight excluding hydrogens is 354 g/mol. The summed E-state index contributed by atoms with van der Waals surface area (Å²) in [6.45, 7) is 2.72. The highest BCUT2D eigenvalue weighted by molar-refractivity contribution is 7.89. The molecule has 0 aliphatic carbocycles. The SMILES string of the molecule is O=S(=O)(c1ccc(OCCCOc2ccccc2)cc1)N1CCOCC1. The predicted octanol–water partition coefficient (Wildman–Crippen LogP) is 2.56. The van der Waals surface area contributed by atoms with Gasteiger partial charge in [0.1, 0.15) is 11.5 Å².